The molecule has 0 amide bonds. The van der Waals surface area contributed by atoms with Crippen molar-refractivity contribution in [3.8, 4) is 0 Å². The monoisotopic (exact) mass is 175 g/mol. The molecule has 10 heavy (non-hydrogen) atoms. The molecular weight excluding hydrogens is 170 g/mol. The predicted molar refractivity (Wildman–Crippen MR) is 43.5 cm³/mol. The quantitative estimate of drug-likeness (QED) is 0.559. The Morgan fingerprint density at radius 3 is 3.20 bits per heavy atom. The number of nitrogens with zero attached hydrogens (tertiary/aromatic N) is 2. The third-order valence-corrected chi connectivity index (χ3v) is 2.01. The van der Waals surface area contributed by atoms with E-state index in [1.165, 1.54) is 11.3 Å². The van der Waals surface area contributed by atoms with Crippen molar-refractivity contribution >= 4 is 29.7 Å². The second-order valence-electron chi connectivity index (χ2n) is 1.57. The fourth-order valence-electron chi connectivity index (χ4n) is 0.499. The smallest absolute Gasteiger partial charge is 0.183 e. The van der Waals surface area contributed by atoms with Gasteiger partial charge in [-0.05, 0) is 0 Å². The van der Waals surface area contributed by atoms with E-state index in [2.05, 4.69) is 22.2 Å². The fourth-order valence-corrected chi connectivity index (χ4v) is 1.41. The predicted octanol–water partition coefficient (Wildman–Crippen LogP) is 1.50. The van der Waals surface area contributed by atoms with E-state index in [-0.39, 0.29) is 0 Å². The first-order chi connectivity index (χ1) is 4.83. The molecule has 0 saturated heterocycles. The fraction of sp³-hybridized carbons (Fsp3) is 0.200. The number of aromatic nitrogens is 1. The third kappa shape index (κ3) is 1.97. The van der Waals surface area contributed by atoms with Gasteiger partial charge >= 0.3 is 0 Å². The van der Waals surface area contributed by atoms with Gasteiger partial charge in [-0.2, -0.15) is 5.10 Å². The zero-order valence-corrected chi connectivity index (χ0v) is 6.74. The number of nitrogens with one attached hydrogen (secondary N) is 1. The maximum atomic E-state index is 5.57. The number of hydrogen-bond donors (Lipinski definition) is 1. The van der Waals surface area contributed by atoms with Gasteiger partial charge in [-0.25, -0.2) is 4.98 Å². The lowest BCUT2D eigenvalue weighted by atomic mass is 10.6. The van der Waals surface area contributed by atoms with Crippen LogP contribution in [-0.2, 0) is 6.54 Å². The van der Waals surface area contributed by atoms with Crippen LogP contribution in [-0.4, -0.2) is 11.7 Å². The summed E-state index contributed by atoms with van der Waals surface area (Å²) >= 11 is 7.00. The average molecular weight is 176 g/mol. The van der Waals surface area contributed by atoms with Crippen molar-refractivity contribution in [1.82, 2.24) is 10.4 Å². The molecule has 0 bridgehead atoms. The summed E-state index contributed by atoms with van der Waals surface area (Å²) in [7, 11) is 0. The molecule has 0 aliphatic heterocycles. The van der Waals surface area contributed by atoms with Gasteiger partial charge in [-0.1, -0.05) is 11.6 Å². The average Bonchev–Trinajstić information content (AvgIpc) is 2.31. The molecule has 0 aliphatic rings. The zero-order chi connectivity index (χ0) is 7.40. The van der Waals surface area contributed by atoms with Gasteiger partial charge in [0.05, 0.1) is 6.54 Å². The summed E-state index contributed by atoms with van der Waals surface area (Å²) in [5.74, 6) is 0. The number of thiazole rings is 1. The van der Waals surface area contributed by atoms with Crippen molar-refractivity contribution in [3.63, 3.8) is 0 Å². The summed E-state index contributed by atoms with van der Waals surface area (Å²) in [5.41, 5.74) is 2.70. The first-order valence-corrected chi connectivity index (χ1v) is 3.81. The Labute approximate surface area is 67.7 Å². The lowest BCUT2D eigenvalue weighted by molar-refractivity contribution is 0.759. The molecule has 0 atom stereocenters. The minimum absolute atomic E-state index is 0.556. The molecule has 0 saturated carbocycles. The van der Waals surface area contributed by atoms with Gasteiger partial charge in [0.25, 0.3) is 0 Å². The van der Waals surface area contributed by atoms with E-state index >= 15 is 0 Å². The molecule has 1 rings (SSSR count). The molecule has 0 radical (unpaired) electrons. The van der Waals surface area contributed by atoms with Gasteiger partial charge in [0.2, 0.25) is 0 Å². The Hall–Kier alpha value is -0.610. The maximum Gasteiger partial charge on any atom is 0.183 e. The second-order valence-corrected chi connectivity index (χ2v) is 3.27. The van der Waals surface area contributed by atoms with Gasteiger partial charge in [0.1, 0.15) is 0 Å². The summed E-state index contributed by atoms with van der Waals surface area (Å²) in [6.45, 7) is 3.92. The van der Waals surface area contributed by atoms with Crippen molar-refractivity contribution in [2.45, 2.75) is 6.54 Å². The van der Waals surface area contributed by atoms with Crippen LogP contribution in [0.2, 0.25) is 4.47 Å². The van der Waals surface area contributed by atoms with Crippen molar-refractivity contribution in [3.05, 3.63) is 15.5 Å². The van der Waals surface area contributed by atoms with Gasteiger partial charge in [-0.3, -0.25) is 0 Å². The Morgan fingerprint density at radius 2 is 2.70 bits per heavy atom. The van der Waals surface area contributed by atoms with E-state index in [4.69, 9.17) is 11.6 Å². The molecule has 0 aliphatic carbocycles. The highest BCUT2D eigenvalue weighted by Gasteiger charge is 1.96. The Bertz CT molecular complexity index is 222. The molecule has 0 spiro atoms. The SMILES string of the molecule is C=NNCc1cnc(Cl)s1. The summed E-state index contributed by atoms with van der Waals surface area (Å²) in [5, 5.41) is 3.48. The van der Waals surface area contributed by atoms with E-state index in [9.17, 15) is 0 Å². The van der Waals surface area contributed by atoms with Crippen LogP contribution in [0.25, 0.3) is 0 Å². The van der Waals surface area contributed by atoms with Crippen LogP contribution in [0.15, 0.2) is 11.3 Å². The van der Waals surface area contributed by atoms with E-state index < -0.39 is 0 Å². The summed E-state index contributed by atoms with van der Waals surface area (Å²) in [6.07, 6.45) is 1.71. The van der Waals surface area contributed by atoms with Crippen LogP contribution < -0.4 is 5.43 Å². The number of rotatable bonds is 3. The lowest BCUT2D eigenvalue weighted by Crippen LogP contribution is -2.01. The molecule has 0 fully saturated rings. The molecular formula is C5H6ClN3S. The third-order valence-electron chi connectivity index (χ3n) is 0.890. The molecule has 5 heteroatoms. The number of hydrogen-bond acceptors (Lipinski definition) is 4. The van der Waals surface area contributed by atoms with E-state index in [1.54, 1.807) is 6.20 Å². The standard InChI is InChI=1S/C5H6ClN3S/c1-7-9-3-4-2-8-5(6)10-4/h2,9H,1,3H2. The summed E-state index contributed by atoms with van der Waals surface area (Å²) in [4.78, 5) is 4.90. The largest absolute Gasteiger partial charge is 0.305 e. The van der Waals surface area contributed by atoms with Crippen molar-refractivity contribution in [2.75, 3.05) is 0 Å². The van der Waals surface area contributed by atoms with E-state index in [1.807, 2.05) is 0 Å². The maximum absolute atomic E-state index is 5.57. The van der Waals surface area contributed by atoms with E-state index in [0.29, 0.717) is 11.0 Å². The first kappa shape index (κ1) is 7.50. The van der Waals surface area contributed by atoms with Crippen LogP contribution in [0.4, 0.5) is 0 Å². The highest BCUT2D eigenvalue weighted by atomic mass is 35.5. The molecule has 1 aromatic rings. The minimum atomic E-state index is 0.556. The molecule has 0 aromatic carbocycles. The normalized spacial score (nSPS) is 9.30. The first-order valence-electron chi connectivity index (χ1n) is 2.61. The van der Waals surface area contributed by atoms with Crippen molar-refractivity contribution in [2.24, 2.45) is 5.10 Å². The van der Waals surface area contributed by atoms with Gasteiger partial charge < -0.3 is 5.43 Å². The summed E-state index contributed by atoms with van der Waals surface area (Å²) in [6, 6.07) is 0. The number of hydrazone groups is 1. The van der Waals surface area contributed by atoms with Crippen LogP contribution in [0, 0.1) is 0 Å². The van der Waals surface area contributed by atoms with Gasteiger partial charge in [-0.15, -0.1) is 11.3 Å². The van der Waals surface area contributed by atoms with Crippen molar-refractivity contribution < 1.29 is 0 Å². The number of halogens is 1. The van der Waals surface area contributed by atoms with Crippen LogP contribution in [0.5, 0.6) is 0 Å². The van der Waals surface area contributed by atoms with Crippen LogP contribution >= 0.6 is 22.9 Å². The van der Waals surface area contributed by atoms with Gasteiger partial charge in [0, 0.05) is 17.8 Å². The Morgan fingerprint density at radius 1 is 1.90 bits per heavy atom. The van der Waals surface area contributed by atoms with E-state index in [0.717, 1.165) is 4.88 Å². The van der Waals surface area contributed by atoms with Crippen LogP contribution in [0.3, 0.4) is 0 Å². The molecule has 1 heterocycles. The summed E-state index contributed by atoms with van der Waals surface area (Å²) < 4.78 is 0.556. The highest BCUT2D eigenvalue weighted by molar-refractivity contribution is 7.15. The van der Waals surface area contributed by atoms with Crippen LogP contribution in [0.1, 0.15) is 4.88 Å². The molecule has 1 aromatic heterocycles. The lowest BCUT2D eigenvalue weighted by Gasteiger charge is -1.91. The molecule has 1 N–H and O–H groups in total. The molecule has 0 unspecified atom stereocenters. The highest BCUT2D eigenvalue weighted by Crippen LogP contribution is 2.16. The van der Waals surface area contributed by atoms with Gasteiger partial charge in [0.15, 0.2) is 4.47 Å². The Kier molecular flexibility index (Phi) is 2.65. The zero-order valence-electron chi connectivity index (χ0n) is 5.17. The van der Waals surface area contributed by atoms with Crippen molar-refractivity contribution in [1.29, 1.82) is 0 Å². The molecule has 3 nitrogen and oxygen atoms in total. The Balaban J connectivity index is 2.49. The second kappa shape index (κ2) is 3.53. The topological polar surface area (TPSA) is 37.3 Å². The minimum Gasteiger partial charge on any atom is -0.305 e. The molecule has 54 valence electrons.